The molecule has 0 saturated carbocycles. The maximum atomic E-state index is 12.8. The van der Waals surface area contributed by atoms with Gasteiger partial charge in [-0.25, -0.2) is 0 Å². The average molecular weight is 433 g/mol. The summed E-state index contributed by atoms with van der Waals surface area (Å²) in [5.74, 6) is 0.167. The van der Waals surface area contributed by atoms with Crippen molar-refractivity contribution < 1.29 is 9.59 Å². The van der Waals surface area contributed by atoms with E-state index in [0.29, 0.717) is 31.0 Å². The molecule has 0 spiro atoms. The summed E-state index contributed by atoms with van der Waals surface area (Å²) in [7, 11) is 0. The number of carbonyl (C=O) groups is 2. The summed E-state index contributed by atoms with van der Waals surface area (Å²) in [5, 5.41) is 3.70. The lowest BCUT2D eigenvalue weighted by molar-refractivity contribution is -0.122. The van der Waals surface area contributed by atoms with E-state index in [9.17, 15) is 9.59 Å². The van der Waals surface area contributed by atoms with E-state index < -0.39 is 0 Å². The fourth-order valence-corrected chi connectivity index (χ4v) is 4.23. The molecule has 2 amide bonds. The Morgan fingerprint density at radius 3 is 2.10 bits per heavy atom. The zero-order chi connectivity index (χ0) is 21.6. The summed E-state index contributed by atoms with van der Waals surface area (Å²) in [4.78, 5) is 27.0. The second kappa shape index (κ2) is 9.80. The molecule has 4 nitrogen and oxygen atoms in total. The van der Waals surface area contributed by atoms with Crippen molar-refractivity contribution in [2.75, 3.05) is 18.0 Å². The first-order valence-corrected chi connectivity index (χ1v) is 10.9. The summed E-state index contributed by atoms with van der Waals surface area (Å²) in [6.45, 7) is 1.09. The van der Waals surface area contributed by atoms with Gasteiger partial charge in [0.05, 0.1) is 0 Å². The predicted molar refractivity (Wildman–Crippen MR) is 124 cm³/mol. The number of hydrogen-bond acceptors (Lipinski definition) is 2. The Balaban J connectivity index is 1.37. The van der Waals surface area contributed by atoms with Crippen molar-refractivity contribution in [3.05, 3.63) is 101 Å². The van der Waals surface area contributed by atoms with Gasteiger partial charge < -0.3 is 10.2 Å². The average Bonchev–Trinajstić information content (AvgIpc) is 3.18. The normalized spacial score (nSPS) is 16.0. The van der Waals surface area contributed by atoms with Crippen LogP contribution in [0.25, 0.3) is 0 Å². The lowest BCUT2D eigenvalue weighted by atomic mass is 9.88. The smallest absolute Gasteiger partial charge is 0.227 e. The topological polar surface area (TPSA) is 49.4 Å². The van der Waals surface area contributed by atoms with Crippen LogP contribution in [0.5, 0.6) is 0 Å². The zero-order valence-electron chi connectivity index (χ0n) is 17.2. The number of nitrogens with zero attached hydrogens (tertiary/aromatic N) is 1. The fourth-order valence-electron chi connectivity index (χ4n) is 4.10. The maximum Gasteiger partial charge on any atom is 0.227 e. The van der Waals surface area contributed by atoms with E-state index in [1.165, 1.54) is 0 Å². The van der Waals surface area contributed by atoms with Gasteiger partial charge in [-0.3, -0.25) is 9.59 Å². The third-order valence-corrected chi connectivity index (χ3v) is 5.98. The van der Waals surface area contributed by atoms with E-state index in [4.69, 9.17) is 11.6 Å². The van der Waals surface area contributed by atoms with Crippen molar-refractivity contribution in [2.45, 2.75) is 18.8 Å². The van der Waals surface area contributed by atoms with E-state index >= 15 is 0 Å². The Kier molecular flexibility index (Phi) is 6.68. The summed E-state index contributed by atoms with van der Waals surface area (Å²) in [5.41, 5.74) is 3.08. The van der Waals surface area contributed by atoms with Gasteiger partial charge in [-0.1, -0.05) is 72.3 Å². The Morgan fingerprint density at radius 2 is 1.52 bits per heavy atom. The van der Waals surface area contributed by atoms with Crippen LogP contribution in [0.15, 0.2) is 84.9 Å². The third-order valence-electron chi connectivity index (χ3n) is 5.72. The SMILES string of the molecule is O=C(CC(c1ccccc1)c1ccccc1)NCC1CC(=O)N(c2ccc(Cl)cc2)C1. The van der Waals surface area contributed by atoms with Gasteiger partial charge in [-0.15, -0.1) is 0 Å². The largest absolute Gasteiger partial charge is 0.356 e. The first-order valence-electron chi connectivity index (χ1n) is 10.5. The van der Waals surface area contributed by atoms with E-state index in [2.05, 4.69) is 29.6 Å². The molecule has 158 valence electrons. The van der Waals surface area contributed by atoms with Crippen LogP contribution in [-0.4, -0.2) is 24.9 Å². The number of nitrogens with one attached hydrogen (secondary N) is 1. The van der Waals surface area contributed by atoms with Crippen molar-refractivity contribution in [1.29, 1.82) is 0 Å². The van der Waals surface area contributed by atoms with Gasteiger partial charge in [0.15, 0.2) is 0 Å². The number of carbonyl (C=O) groups excluding carboxylic acids is 2. The van der Waals surface area contributed by atoms with Gasteiger partial charge in [0.25, 0.3) is 0 Å². The van der Waals surface area contributed by atoms with E-state index in [0.717, 1.165) is 16.8 Å². The van der Waals surface area contributed by atoms with Crippen LogP contribution in [0.2, 0.25) is 5.02 Å². The Bertz CT molecular complexity index is 983. The molecule has 1 saturated heterocycles. The van der Waals surface area contributed by atoms with Crippen molar-refractivity contribution >= 4 is 29.1 Å². The molecular weight excluding hydrogens is 408 g/mol. The summed E-state index contributed by atoms with van der Waals surface area (Å²) >= 11 is 5.95. The lowest BCUT2D eigenvalue weighted by Crippen LogP contribution is -2.32. The van der Waals surface area contributed by atoms with E-state index in [1.54, 1.807) is 17.0 Å². The highest BCUT2D eigenvalue weighted by molar-refractivity contribution is 6.30. The van der Waals surface area contributed by atoms with Gasteiger partial charge >= 0.3 is 0 Å². The van der Waals surface area contributed by atoms with Crippen LogP contribution >= 0.6 is 11.6 Å². The minimum Gasteiger partial charge on any atom is -0.356 e. The first-order chi connectivity index (χ1) is 15.1. The molecule has 31 heavy (non-hydrogen) atoms. The molecule has 1 atom stereocenters. The fraction of sp³-hybridized carbons (Fsp3) is 0.231. The number of rotatable bonds is 7. The molecular formula is C26H25ClN2O2. The molecule has 1 aliphatic rings. The highest BCUT2D eigenvalue weighted by atomic mass is 35.5. The molecule has 3 aromatic carbocycles. The molecule has 3 aromatic rings. The van der Waals surface area contributed by atoms with Crippen LogP contribution in [0.4, 0.5) is 5.69 Å². The molecule has 0 aromatic heterocycles. The minimum atomic E-state index is -0.00454. The first kappa shape index (κ1) is 21.1. The Morgan fingerprint density at radius 1 is 0.935 bits per heavy atom. The van der Waals surface area contributed by atoms with E-state index in [-0.39, 0.29) is 23.7 Å². The Labute approximate surface area is 187 Å². The maximum absolute atomic E-state index is 12.8. The standard InChI is InChI=1S/C26H25ClN2O2/c27-22-11-13-23(14-12-22)29-18-19(15-26(29)31)17-28-25(30)16-24(20-7-3-1-4-8-20)21-9-5-2-6-10-21/h1-14,19,24H,15-18H2,(H,28,30). The molecule has 5 heteroatoms. The molecule has 1 fully saturated rings. The molecule has 0 bridgehead atoms. The van der Waals surface area contributed by atoms with Crippen LogP contribution in [-0.2, 0) is 9.59 Å². The number of halogens is 1. The second-order valence-electron chi connectivity index (χ2n) is 7.93. The van der Waals surface area contributed by atoms with Crippen molar-refractivity contribution in [2.24, 2.45) is 5.92 Å². The number of hydrogen-bond donors (Lipinski definition) is 1. The quantitative estimate of drug-likeness (QED) is 0.569. The highest BCUT2D eigenvalue weighted by Crippen LogP contribution is 2.28. The molecule has 1 N–H and O–H groups in total. The van der Waals surface area contributed by atoms with Crippen molar-refractivity contribution in [3.8, 4) is 0 Å². The lowest BCUT2D eigenvalue weighted by Gasteiger charge is -2.19. The molecule has 1 aliphatic heterocycles. The van der Waals surface area contributed by atoms with Crippen molar-refractivity contribution in [3.63, 3.8) is 0 Å². The second-order valence-corrected chi connectivity index (χ2v) is 8.37. The molecule has 0 aliphatic carbocycles. The van der Waals surface area contributed by atoms with E-state index in [1.807, 2.05) is 48.5 Å². The van der Waals surface area contributed by atoms with Gasteiger partial charge in [0.2, 0.25) is 11.8 Å². The summed E-state index contributed by atoms with van der Waals surface area (Å²) in [6.07, 6.45) is 0.805. The van der Waals surface area contributed by atoms with Gasteiger partial charge in [-0.2, -0.15) is 0 Å². The third kappa shape index (κ3) is 5.33. The van der Waals surface area contributed by atoms with Crippen LogP contribution in [0.1, 0.15) is 29.9 Å². The summed E-state index contributed by atoms with van der Waals surface area (Å²) < 4.78 is 0. The van der Waals surface area contributed by atoms with Gasteiger partial charge in [0, 0.05) is 48.5 Å². The van der Waals surface area contributed by atoms with Gasteiger partial charge in [-0.05, 0) is 35.4 Å². The van der Waals surface area contributed by atoms with Crippen LogP contribution < -0.4 is 10.2 Å². The number of anilines is 1. The van der Waals surface area contributed by atoms with Crippen LogP contribution in [0, 0.1) is 5.92 Å². The monoisotopic (exact) mass is 432 g/mol. The van der Waals surface area contributed by atoms with Crippen molar-refractivity contribution in [1.82, 2.24) is 5.32 Å². The minimum absolute atomic E-state index is 0.00169. The number of amides is 2. The molecule has 1 unspecified atom stereocenters. The molecule has 4 rings (SSSR count). The predicted octanol–water partition coefficient (Wildman–Crippen LogP) is 5.03. The number of benzene rings is 3. The Hall–Kier alpha value is -3.11. The van der Waals surface area contributed by atoms with Gasteiger partial charge in [0.1, 0.15) is 0 Å². The van der Waals surface area contributed by atoms with Crippen LogP contribution in [0.3, 0.4) is 0 Å². The zero-order valence-corrected chi connectivity index (χ0v) is 18.0. The molecule has 1 heterocycles. The highest BCUT2D eigenvalue weighted by Gasteiger charge is 2.31. The summed E-state index contributed by atoms with van der Waals surface area (Å²) in [6, 6.07) is 27.5. The molecule has 0 radical (unpaired) electrons.